The van der Waals surface area contributed by atoms with Crippen LogP contribution in [0, 0.1) is 0 Å². The van der Waals surface area contributed by atoms with Crippen molar-refractivity contribution < 1.29 is 29.0 Å². The van der Waals surface area contributed by atoms with Gasteiger partial charge >= 0.3 is 12.1 Å². The summed E-state index contributed by atoms with van der Waals surface area (Å²) in [5.41, 5.74) is 6.05. The summed E-state index contributed by atoms with van der Waals surface area (Å²) in [5, 5.41) is 13.0. The van der Waals surface area contributed by atoms with Gasteiger partial charge in [-0.3, -0.25) is 9.69 Å². The molecule has 0 bridgehead atoms. The second-order valence-corrected chi connectivity index (χ2v) is 13.1. The zero-order valence-corrected chi connectivity index (χ0v) is 29.5. The molecule has 2 atom stereocenters. The first kappa shape index (κ1) is 36.1. The first-order valence-corrected chi connectivity index (χ1v) is 17.7. The van der Waals surface area contributed by atoms with Crippen molar-refractivity contribution in [3.63, 3.8) is 0 Å². The van der Waals surface area contributed by atoms with Crippen molar-refractivity contribution in [3.05, 3.63) is 167 Å². The highest BCUT2D eigenvalue weighted by Gasteiger charge is 2.40. The van der Waals surface area contributed by atoms with E-state index in [0.717, 1.165) is 43.8 Å². The van der Waals surface area contributed by atoms with E-state index in [-0.39, 0.29) is 24.9 Å². The fourth-order valence-electron chi connectivity index (χ4n) is 7.17. The zero-order chi connectivity index (χ0) is 36.5. The van der Waals surface area contributed by atoms with Gasteiger partial charge in [0.15, 0.2) is 0 Å². The van der Waals surface area contributed by atoms with Crippen molar-refractivity contribution in [1.82, 2.24) is 10.2 Å². The Bertz CT molecular complexity index is 1830. The number of benzene rings is 5. The fourth-order valence-corrected chi connectivity index (χ4v) is 7.17. The van der Waals surface area contributed by atoms with Gasteiger partial charge in [-0.1, -0.05) is 140 Å². The van der Waals surface area contributed by atoms with Crippen LogP contribution in [-0.4, -0.2) is 60.3 Å². The van der Waals surface area contributed by atoms with Gasteiger partial charge in [-0.15, -0.1) is 0 Å². The van der Waals surface area contributed by atoms with E-state index in [1.165, 1.54) is 7.05 Å². The maximum atomic E-state index is 13.5. The minimum absolute atomic E-state index is 0.107. The highest BCUT2D eigenvalue weighted by molar-refractivity contribution is 5.81. The molecule has 52 heavy (non-hydrogen) atoms. The molecule has 0 radical (unpaired) electrons. The molecule has 0 aromatic heterocycles. The number of amides is 2. The molecule has 0 saturated heterocycles. The number of aliphatic carboxylic acids is 1. The van der Waals surface area contributed by atoms with Gasteiger partial charge in [-0.2, -0.15) is 0 Å². The summed E-state index contributed by atoms with van der Waals surface area (Å²) >= 11 is 0. The summed E-state index contributed by atoms with van der Waals surface area (Å²) in [7, 11) is 1.46. The summed E-state index contributed by atoms with van der Waals surface area (Å²) < 4.78 is 12.5. The molecule has 1 aliphatic rings. The number of unbranched alkanes of at least 4 members (excludes halogenated alkanes) is 1. The third-order valence-corrected chi connectivity index (χ3v) is 9.84. The van der Waals surface area contributed by atoms with Gasteiger partial charge in [-0.25, -0.2) is 9.59 Å². The number of hydrogen-bond acceptors (Lipinski definition) is 5. The molecular formula is C44H44N2O6. The number of carbonyl (C=O) groups excluding carboxylic acids is 2. The fraction of sp³-hybridized carbons (Fsp3) is 0.250. The van der Waals surface area contributed by atoms with Crippen molar-refractivity contribution in [2.24, 2.45) is 0 Å². The molecule has 0 spiro atoms. The number of hydrogen-bond donors (Lipinski definition) is 2. The molecule has 2 N–H and O–H groups in total. The number of carboxylic acids is 1. The Morgan fingerprint density at radius 1 is 0.712 bits per heavy atom. The van der Waals surface area contributed by atoms with Crippen molar-refractivity contribution in [1.29, 1.82) is 0 Å². The lowest BCUT2D eigenvalue weighted by molar-refractivity contribution is -0.142. The number of fused-ring (bicyclic) bond motifs is 3. The molecule has 2 amide bonds. The minimum Gasteiger partial charge on any atom is -0.480 e. The largest absolute Gasteiger partial charge is 0.480 e. The molecule has 0 saturated carbocycles. The number of likely N-dealkylation sites (N-methyl/N-ethyl adjacent to an activating group) is 1. The molecule has 0 fully saturated rings. The number of nitrogens with one attached hydrogen (secondary N) is 1. The number of rotatable bonds is 15. The lowest BCUT2D eigenvalue weighted by Gasteiger charge is -2.37. The Morgan fingerprint density at radius 2 is 1.17 bits per heavy atom. The van der Waals surface area contributed by atoms with E-state index in [1.807, 2.05) is 127 Å². The normalized spacial score (nSPS) is 13.3. The van der Waals surface area contributed by atoms with Gasteiger partial charge in [0.05, 0.1) is 0 Å². The van der Waals surface area contributed by atoms with Crippen LogP contribution in [0.2, 0.25) is 0 Å². The Labute approximate surface area is 305 Å². The van der Waals surface area contributed by atoms with E-state index in [1.54, 1.807) is 6.92 Å². The predicted molar refractivity (Wildman–Crippen MR) is 201 cm³/mol. The number of ether oxygens (including phenoxy) is 2. The quantitative estimate of drug-likeness (QED) is 0.0849. The summed E-state index contributed by atoms with van der Waals surface area (Å²) in [4.78, 5) is 40.0. The number of nitrogens with zero attached hydrogens (tertiary/aromatic N) is 1. The smallest absolute Gasteiger partial charge is 0.410 e. The molecule has 8 heteroatoms. The lowest BCUT2D eigenvalue weighted by Crippen LogP contribution is -2.43. The average Bonchev–Trinajstić information content (AvgIpc) is 3.51. The van der Waals surface area contributed by atoms with E-state index < -0.39 is 29.8 Å². The van der Waals surface area contributed by atoms with Gasteiger partial charge in [0.1, 0.15) is 24.4 Å². The van der Waals surface area contributed by atoms with Crippen LogP contribution in [0.4, 0.5) is 4.79 Å². The first-order valence-electron chi connectivity index (χ1n) is 17.7. The van der Waals surface area contributed by atoms with Crippen molar-refractivity contribution in [2.45, 2.75) is 49.9 Å². The second-order valence-electron chi connectivity index (χ2n) is 13.1. The molecule has 1 aliphatic carbocycles. The van der Waals surface area contributed by atoms with Crippen molar-refractivity contribution in [2.75, 3.05) is 20.2 Å². The molecule has 8 nitrogen and oxygen atoms in total. The Hall–Kier alpha value is -5.73. The number of carboxylic acid groups (broad SMARTS) is 1. The number of carbonyl (C=O) groups is 3. The van der Waals surface area contributed by atoms with Crippen LogP contribution in [0.3, 0.4) is 0 Å². The Morgan fingerprint density at radius 3 is 1.65 bits per heavy atom. The van der Waals surface area contributed by atoms with Crippen molar-refractivity contribution in [3.8, 4) is 11.1 Å². The molecule has 0 heterocycles. The summed E-state index contributed by atoms with van der Waals surface area (Å²) in [6.45, 7) is 2.17. The van der Waals surface area contributed by atoms with E-state index >= 15 is 0 Å². The molecular weight excluding hydrogens is 652 g/mol. The molecule has 266 valence electrons. The van der Waals surface area contributed by atoms with Crippen LogP contribution in [-0.2, 0) is 24.7 Å². The van der Waals surface area contributed by atoms with Crippen LogP contribution < -0.4 is 5.32 Å². The topological polar surface area (TPSA) is 105 Å². The standard InChI is InChI=1S/C44H44N2O6/c1-31(52-44(32-18-6-3-7-19-32,33-20-8-4-9-21-33)34-22-10-5-11-23-34)41(47)45-29-17-16-28-40(42(48)49)46(2)43(50)51-30-39-37-26-14-12-24-35(37)36-25-13-15-27-38(36)39/h3-15,18-27,31,39-40H,16-17,28-30H2,1-2H3,(H,45,47)(H,48,49)/t31-,40+/m1/s1. The van der Waals surface area contributed by atoms with Crippen LogP contribution >= 0.6 is 0 Å². The molecule has 0 unspecified atom stereocenters. The van der Waals surface area contributed by atoms with Crippen LogP contribution in [0.5, 0.6) is 0 Å². The van der Waals surface area contributed by atoms with Crippen LogP contribution in [0.1, 0.15) is 59.9 Å². The maximum absolute atomic E-state index is 13.5. The van der Waals surface area contributed by atoms with Gasteiger partial charge in [0.25, 0.3) is 0 Å². The van der Waals surface area contributed by atoms with E-state index in [4.69, 9.17) is 9.47 Å². The lowest BCUT2D eigenvalue weighted by atomic mass is 9.80. The zero-order valence-electron chi connectivity index (χ0n) is 29.5. The van der Waals surface area contributed by atoms with Crippen molar-refractivity contribution >= 4 is 18.0 Å². The molecule has 0 aliphatic heterocycles. The summed E-state index contributed by atoms with van der Waals surface area (Å²) in [5.74, 6) is -1.51. The highest BCUT2D eigenvalue weighted by Crippen LogP contribution is 2.45. The van der Waals surface area contributed by atoms with Gasteiger partial charge in [0, 0.05) is 19.5 Å². The highest BCUT2D eigenvalue weighted by atomic mass is 16.6. The first-order chi connectivity index (χ1) is 25.3. The van der Waals surface area contributed by atoms with Gasteiger partial charge in [-0.05, 0) is 65.1 Å². The summed E-state index contributed by atoms with van der Waals surface area (Å²) in [6.07, 6.45) is -0.325. The maximum Gasteiger partial charge on any atom is 0.410 e. The van der Waals surface area contributed by atoms with Crippen LogP contribution in [0.25, 0.3) is 11.1 Å². The van der Waals surface area contributed by atoms with Gasteiger partial charge in [0.2, 0.25) is 5.91 Å². The predicted octanol–water partition coefficient (Wildman–Crippen LogP) is 8.00. The van der Waals surface area contributed by atoms with E-state index in [9.17, 15) is 19.5 Å². The molecule has 6 rings (SSSR count). The monoisotopic (exact) mass is 696 g/mol. The molecule has 5 aromatic carbocycles. The second kappa shape index (κ2) is 16.5. The summed E-state index contributed by atoms with van der Waals surface area (Å²) in [6, 6.07) is 44.7. The Kier molecular flexibility index (Phi) is 11.5. The van der Waals surface area contributed by atoms with Crippen LogP contribution in [0.15, 0.2) is 140 Å². The average molecular weight is 697 g/mol. The SMILES string of the molecule is C[C@@H](OC(c1ccccc1)(c1ccccc1)c1ccccc1)C(=O)NCCCC[C@@H](C(=O)O)N(C)C(=O)OCC1c2ccccc2-c2ccccc21. The Balaban J connectivity index is 1.04. The molecule has 5 aromatic rings. The third kappa shape index (κ3) is 7.62. The third-order valence-electron chi connectivity index (χ3n) is 9.84. The minimum atomic E-state index is -1.11. The van der Waals surface area contributed by atoms with Gasteiger partial charge < -0.3 is 19.9 Å². The van der Waals surface area contributed by atoms with E-state index in [0.29, 0.717) is 19.4 Å². The van der Waals surface area contributed by atoms with E-state index in [2.05, 4.69) is 17.4 Å².